The van der Waals surface area contributed by atoms with Crippen molar-refractivity contribution < 1.29 is 263 Å². The number of phenols is 1. The number of benzene rings is 4. The van der Waals surface area contributed by atoms with Crippen LogP contribution in [0.25, 0.3) is 0 Å². The Labute approximate surface area is 897 Å². The Morgan fingerprint density at radius 2 is 0.747 bits per heavy atom. The molecule has 0 spiro atoms. The van der Waals surface area contributed by atoms with E-state index in [1.54, 1.807) is 21.6 Å². The zero-order valence-corrected chi connectivity index (χ0v) is 87.4. The van der Waals surface area contributed by atoms with Crippen LogP contribution in [-0.4, -0.2) is 362 Å². The van der Waals surface area contributed by atoms with Crippen LogP contribution < -0.4 is 14.2 Å². The molecule has 0 bridgehead atoms. The van der Waals surface area contributed by atoms with Gasteiger partial charge in [0.2, 0.25) is 0 Å². The number of carboxylic acid groups (broad SMARTS) is 15. The molecule has 0 amide bonds. The van der Waals surface area contributed by atoms with E-state index in [1.165, 1.54) is 152 Å². The number of ether oxygens (including phenoxy) is 12. The predicted molar refractivity (Wildman–Crippen MR) is 543 cm³/mol. The molecule has 2 fully saturated rings. The molecule has 4 aromatic rings. The molecule has 0 radical (unpaired) electrons. The Hall–Kier alpha value is -13.3. The maximum Gasteiger partial charge on any atom is 0.336 e. The fourth-order valence-corrected chi connectivity index (χ4v) is 17.3. The van der Waals surface area contributed by atoms with E-state index in [-0.39, 0.29) is 150 Å². The Kier molecular flexibility index (Phi) is 108. The van der Waals surface area contributed by atoms with Crippen LogP contribution in [0.15, 0.2) is 91.0 Å². The Morgan fingerprint density at radius 1 is 0.307 bits per heavy atom. The molecule has 2 aliphatic rings. The number of phenolic OH excluding ortho intramolecular Hbond substituents is 1. The predicted octanol–water partition coefficient (Wildman–Crippen LogP) is 9.15. The van der Waals surface area contributed by atoms with Crippen LogP contribution in [0.4, 0.5) is 0 Å². The first-order valence-electron chi connectivity index (χ1n) is 41.0. The van der Waals surface area contributed by atoms with Gasteiger partial charge in [0.15, 0.2) is 6.79 Å². The first-order chi connectivity index (χ1) is 71.5. The van der Waals surface area contributed by atoms with Crippen LogP contribution in [-0.2, 0) is 143 Å². The van der Waals surface area contributed by atoms with Gasteiger partial charge in [-0.2, -0.15) is 0 Å². The average molecular weight is 2350 g/mol. The molecule has 0 aromatic heterocycles. The maximum atomic E-state index is 10.6. The lowest BCUT2D eigenvalue weighted by Crippen LogP contribution is -2.32. The van der Waals surface area contributed by atoms with E-state index in [4.69, 9.17) is 86.4 Å². The van der Waals surface area contributed by atoms with Gasteiger partial charge in [-0.25, -0.2) is 28.8 Å². The number of hydrogen-bond donors (Lipinski definition) is 16. The Bertz CT molecular complexity index is 4440. The summed E-state index contributed by atoms with van der Waals surface area (Å²) in [5.74, 6) is -9.95. The average Bonchev–Trinajstić information content (AvgIpc) is 0.861. The van der Waals surface area contributed by atoms with Gasteiger partial charge in [-0.15, -0.1) is 58.8 Å². The van der Waals surface area contributed by atoms with E-state index in [0.717, 1.165) is 83.0 Å². The fraction of sp³-hybridized carbons (Fsp3) is 0.412. The minimum Gasteiger partial charge on any atom is -0.508 e. The van der Waals surface area contributed by atoms with Gasteiger partial charge in [-0.1, -0.05) is 95.8 Å². The summed E-state index contributed by atoms with van der Waals surface area (Å²) in [5.41, 5.74) is -0.269. The lowest BCUT2D eigenvalue weighted by molar-refractivity contribution is -0.155. The van der Waals surface area contributed by atoms with Gasteiger partial charge in [0.05, 0.1) is 75.9 Å². The fourth-order valence-electron chi connectivity index (χ4n) is 8.75. The van der Waals surface area contributed by atoms with Crippen molar-refractivity contribution in [3.63, 3.8) is 0 Å². The van der Waals surface area contributed by atoms with E-state index in [1.807, 2.05) is 0 Å². The molecule has 65 heteroatoms. The molecule has 16 N–H and O–H groups in total. The zero-order chi connectivity index (χ0) is 115. The van der Waals surface area contributed by atoms with Crippen molar-refractivity contribution in [1.82, 2.24) is 0 Å². The molecule has 838 valence electrons. The zero-order valence-electron chi connectivity index (χ0n) is 78.4. The second-order valence-electron chi connectivity index (χ2n) is 25.5. The van der Waals surface area contributed by atoms with Crippen molar-refractivity contribution in [2.24, 2.45) is 17.8 Å². The number of carbonyl (C=O) groups is 26. The molecule has 2 unspecified atom stereocenters. The van der Waals surface area contributed by atoms with Crippen molar-refractivity contribution in [2.45, 2.75) is 83.2 Å². The van der Waals surface area contributed by atoms with Crippen molar-refractivity contribution in [1.29, 1.82) is 0 Å². The summed E-state index contributed by atoms with van der Waals surface area (Å²) in [6.45, 7) is 3.64. The van der Waals surface area contributed by atoms with Crippen molar-refractivity contribution >= 4 is 284 Å². The highest BCUT2D eigenvalue weighted by molar-refractivity contribution is 8.77. The molecule has 0 saturated heterocycles. The first-order valence-corrected chi connectivity index (χ1v) is 54.2. The van der Waals surface area contributed by atoms with Crippen LogP contribution in [0.2, 0.25) is 0 Å². The van der Waals surface area contributed by atoms with Crippen molar-refractivity contribution in [3.8, 4) is 23.0 Å². The highest BCUT2D eigenvalue weighted by Gasteiger charge is 2.35. The first kappa shape index (κ1) is 150. The summed E-state index contributed by atoms with van der Waals surface area (Å²) in [4.78, 5) is 260. The summed E-state index contributed by atoms with van der Waals surface area (Å²) < 4.78 is 52.5. The third-order valence-corrected chi connectivity index (χ3v) is 26.5. The standard InChI is InChI=1S/C8H6O5.C8H14O4S2.C8H12O4.2C8H6O4.C8H12O4.C8H6O4.2C6H10O4S2.C5H8O4S2.C4H6O5.C4H6O4S2.C4H6O4S/c9-4-13-7-2-5(8(11)12)1-6(10)3-7;9-7-12-4-2-6-14-13-5-1-3-8(10)11;2*9-5-12-7-3-1-6(2-4-7)8(10)11;9-5-12-7-3-1-2-6(4-7)8(10)11;2*9-7(10)5-3-1-2-4-6(5)8(11)12;7-5-10-2-4-12-11-3-1-6(8)9;7-4-10-5-12-2-1-11-3-6(8)9;6-2-9-3-11-4-10-1-5(7)8;5-2-9-3-8-1-4(6)7;5-2-8-3-10-9-1-4(6)7;5-2-8-3-9-1-4(6)7/h1-4,10H,(H,11,12);7H,1-6H2,(H,10,11);5-7H,1-4H2,(H,10,11);2*1-5H,(H,10,11);5-6H,1-4H2,(H,9,10)(H,11,12);1-4H,(H,9,10)(H,11,12);5H,1-4H2,(H,8,9);4H,1-3,5H2,(H,8,9);2H,1,3-4H2,(H,7,8);2H,1,3H2,(H,6,7);2H,1,3H2,(H,6,7);2H,1,3H2,(H,6,7). The van der Waals surface area contributed by atoms with Crippen LogP contribution in [0.1, 0.15) is 129 Å². The van der Waals surface area contributed by atoms with E-state index in [9.17, 15) is 125 Å². The monoisotopic (exact) mass is 2340 g/mol. The molecular formula is C85H108O54S11. The number of aromatic hydroxyl groups is 1. The van der Waals surface area contributed by atoms with Gasteiger partial charge < -0.3 is 139 Å². The number of rotatable bonds is 65. The molecule has 2 aliphatic carbocycles. The molecule has 6 rings (SSSR count). The molecular weight excluding hydrogens is 2240 g/mol. The lowest BCUT2D eigenvalue weighted by atomic mass is 9.79. The summed E-state index contributed by atoms with van der Waals surface area (Å²) in [5, 5.41) is 136. The summed E-state index contributed by atoms with van der Waals surface area (Å²) in [6.07, 6.45) is 7.17. The lowest BCUT2D eigenvalue weighted by Gasteiger charge is -2.24. The van der Waals surface area contributed by atoms with Crippen LogP contribution in [0.3, 0.4) is 0 Å². The number of hydrogen-bond acceptors (Lipinski definition) is 50. The number of aliphatic carboxylic acids is 10. The highest BCUT2D eigenvalue weighted by Crippen LogP contribution is 2.31. The van der Waals surface area contributed by atoms with Gasteiger partial charge >= 0.3 is 89.5 Å². The normalized spacial score (nSPS) is 12.4. The molecule has 4 aromatic carbocycles. The second kappa shape index (κ2) is 108. The molecule has 2 saturated carbocycles. The van der Waals surface area contributed by atoms with Crippen molar-refractivity contribution in [3.05, 3.63) is 119 Å². The smallest absolute Gasteiger partial charge is 0.336 e. The third-order valence-electron chi connectivity index (χ3n) is 14.8. The van der Waals surface area contributed by atoms with Gasteiger partial charge in [0, 0.05) is 52.1 Å². The molecule has 54 nitrogen and oxygen atoms in total. The Balaban J connectivity index is -0.000000296. The largest absolute Gasteiger partial charge is 0.508 e. The summed E-state index contributed by atoms with van der Waals surface area (Å²) in [7, 11) is 8.65. The minimum absolute atomic E-state index is 0.00704. The van der Waals surface area contributed by atoms with E-state index in [2.05, 4.69) is 52.1 Å². The molecule has 2 atom stereocenters. The van der Waals surface area contributed by atoms with Gasteiger partial charge in [-0.05, 0) is 118 Å². The highest BCUT2D eigenvalue weighted by atomic mass is 33.1. The minimum atomic E-state index is -1.23. The van der Waals surface area contributed by atoms with Crippen molar-refractivity contribution in [2.75, 3.05) is 113 Å². The number of aromatic carboxylic acids is 5. The van der Waals surface area contributed by atoms with Crippen LogP contribution in [0.5, 0.6) is 23.0 Å². The third kappa shape index (κ3) is 106. The second-order valence-corrected chi connectivity index (χ2v) is 38.7. The van der Waals surface area contributed by atoms with Gasteiger partial charge in [0.25, 0.3) is 71.2 Å². The molecule has 0 heterocycles. The number of thioether (sulfide) groups is 5. The van der Waals surface area contributed by atoms with E-state index >= 15 is 0 Å². The van der Waals surface area contributed by atoms with Crippen LogP contribution >= 0.6 is 124 Å². The van der Waals surface area contributed by atoms with Gasteiger partial charge in [0.1, 0.15) is 71.8 Å². The SMILES string of the molecule is O=C(O)C1CCCCC1C(=O)O.O=C(O)c1ccccc1C(=O)O.O=COC1CCC(C(=O)O)CC1.O=COCCCSSCCCC(=O)O.O=COCCSSCCC(=O)O.O=COCOCC(=O)O.O=COCSCC(=O)O.O=COCSCCSCC(=O)O.O=COCSCSCC(=O)O.O=COCSSCC(=O)O.O=COc1cc(O)cc(C(=O)O)c1.O=COc1ccc(C(=O)O)cc1.O=COc1cccc(C(=O)O)c1. The van der Waals surface area contributed by atoms with Gasteiger partial charge in [-0.3, -0.25) is 95.9 Å². The quantitative estimate of drug-likeness (QED) is 0.00643. The molecule has 0 aliphatic heterocycles. The summed E-state index contributed by atoms with van der Waals surface area (Å²) >= 11 is 6.50. The van der Waals surface area contributed by atoms with E-state index in [0.29, 0.717) is 125 Å². The Morgan fingerprint density at radius 3 is 1.21 bits per heavy atom. The van der Waals surface area contributed by atoms with E-state index < -0.39 is 108 Å². The van der Waals surface area contributed by atoms with Crippen LogP contribution in [0, 0.1) is 17.8 Å². The topological polar surface area (TPSA) is 878 Å². The maximum absolute atomic E-state index is 10.6. The molecule has 150 heavy (non-hydrogen) atoms. The number of carbonyl (C=O) groups excluding carboxylic acids is 11. The summed E-state index contributed by atoms with van der Waals surface area (Å²) in [6, 6.07) is 20.1. The number of carboxylic acids is 15.